The Kier molecular flexibility index (Phi) is 9.34. The Bertz CT molecular complexity index is 896. The summed E-state index contributed by atoms with van der Waals surface area (Å²) in [6, 6.07) is 0. The molecule has 0 saturated carbocycles. The second kappa shape index (κ2) is 11.7. The van der Waals surface area contributed by atoms with Crippen molar-refractivity contribution in [3.8, 4) is 0 Å². The maximum Gasteiger partial charge on any atom is 0.332 e. The van der Waals surface area contributed by atoms with Gasteiger partial charge in [-0.15, -0.1) is 6.58 Å². The van der Waals surface area contributed by atoms with E-state index in [-0.39, 0.29) is 17.4 Å². The van der Waals surface area contributed by atoms with E-state index in [1.165, 1.54) is 9.13 Å². The molecule has 29 heavy (non-hydrogen) atoms. The molecule has 0 bridgehead atoms. The van der Waals surface area contributed by atoms with Gasteiger partial charge in [0.25, 0.3) is 5.56 Å². The van der Waals surface area contributed by atoms with Crippen LogP contribution in [0.1, 0.15) is 51.4 Å². The summed E-state index contributed by atoms with van der Waals surface area (Å²) in [5.41, 5.74) is 0.334. The highest BCUT2D eigenvalue weighted by atomic mass is 16.3. The third-order valence-electron chi connectivity index (χ3n) is 5.29. The zero-order chi connectivity index (χ0) is 21.2. The molecule has 0 saturated heterocycles. The number of nitrogens with zero attached hydrogens (tertiary/aromatic N) is 4. The molecule has 0 fully saturated rings. The van der Waals surface area contributed by atoms with Crippen LogP contribution in [-0.2, 0) is 20.6 Å². The predicted octanol–water partition coefficient (Wildman–Crippen LogP) is 1.69. The average Bonchev–Trinajstić information content (AvgIpc) is 3.09. The van der Waals surface area contributed by atoms with E-state index in [0.717, 1.165) is 57.9 Å². The van der Waals surface area contributed by atoms with Gasteiger partial charge in [0.15, 0.2) is 11.2 Å². The number of rotatable bonds is 14. The normalized spacial score (nSPS) is 12.5. The largest absolute Gasteiger partial charge is 0.392 e. The van der Waals surface area contributed by atoms with Gasteiger partial charge in [-0.05, 0) is 12.8 Å². The smallest absolute Gasteiger partial charge is 0.332 e. The van der Waals surface area contributed by atoms with Gasteiger partial charge in [-0.3, -0.25) is 13.9 Å². The van der Waals surface area contributed by atoms with Gasteiger partial charge in [-0.2, -0.15) is 0 Å². The van der Waals surface area contributed by atoms with Crippen LogP contribution in [0, 0.1) is 0 Å². The van der Waals surface area contributed by atoms with Crippen LogP contribution in [0.5, 0.6) is 0 Å². The summed E-state index contributed by atoms with van der Waals surface area (Å²) >= 11 is 0. The lowest BCUT2D eigenvalue weighted by Crippen LogP contribution is -2.39. The molecule has 2 rings (SSSR count). The maximum absolute atomic E-state index is 12.6. The van der Waals surface area contributed by atoms with E-state index in [4.69, 9.17) is 0 Å². The first-order valence-electron chi connectivity index (χ1n) is 10.6. The van der Waals surface area contributed by atoms with Gasteiger partial charge in [-0.1, -0.05) is 44.6 Å². The third-order valence-corrected chi connectivity index (χ3v) is 5.29. The van der Waals surface area contributed by atoms with Crippen molar-refractivity contribution in [2.45, 2.75) is 64.0 Å². The summed E-state index contributed by atoms with van der Waals surface area (Å²) in [4.78, 5) is 29.2. The van der Waals surface area contributed by atoms with Gasteiger partial charge in [0.1, 0.15) is 0 Å². The average molecular weight is 406 g/mol. The number of aryl methyl sites for hydroxylation is 2. The van der Waals surface area contributed by atoms with E-state index >= 15 is 0 Å². The SMILES string of the molecule is C=CCNCC(O)CCCCCCCCCn1c(=O)c2c(ncn2C)n(C)c1=O. The molecule has 0 aliphatic carbocycles. The fourth-order valence-electron chi connectivity index (χ4n) is 3.58. The molecule has 8 heteroatoms. The van der Waals surface area contributed by atoms with E-state index < -0.39 is 0 Å². The van der Waals surface area contributed by atoms with Gasteiger partial charge in [-0.25, -0.2) is 9.78 Å². The Morgan fingerprint density at radius 1 is 1.14 bits per heavy atom. The molecule has 2 aromatic heterocycles. The zero-order valence-corrected chi connectivity index (χ0v) is 17.8. The number of aliphatic hydroxyl groups excluding tert-OH is 1. The third kappa shape index (κ3) is 6.40. The monoisotopic (exact) mass is 405 g/mol. The van der Waals surface area contributed by atoms with Gasteiger partial charge in [0, 0.05) is 33.7 Å². The topological polar surface area (TPSA) is 94.1 Å². The van der Waals surface area contributed by atoms with Gasteiger partial charge >= 0.3 is 5.69 Å². The van der Waals surface area contributed by atoms with Crippen LogP contribution in [0.25, 0.3) is 11.2 Å². The zero-order valence-electron chi connectivity index (χ0n) is 17.8. The molecule has 1 atom stereocenters. The predicted molar refractivity (Wildman–Crippen MR) is 116 cm³/mol. The Hall–Kier alpha value is -2.19. The second-order valence-corrected chi connectivity index (χ2v) is 7.69. The van der Waals surface area contributed by atoms with Crippen molar-refractivity contribution in [2.75, 3.05) is 13.1 Å². The van der Waals surface area contributed by atoms with Crippen LogP contribution in [0.4, 0.5) is 0 Å². The van der Waals surface area contributed by atoms with E-state index in [1.807, 2.05) is 0 Å². The summed E-state index contributed by atoms with van der Waals surface area (Å²) in [7, 11) is 3.42. The lowest BCUT2D eigenvalue weighted by Gasteiger charge is -2.10. The Morgan fingerprint density at radius 3 is 2.48 bits per heavy atom. The van der Waals surface area contributed by atoms with Crippen molar-refractivity contribution >= 4 is 11.2 Å². The first kappa shape index (κ1) is 23.1. The first-order chi connectivity index (χ1) is 14.0. The molecular weight excluding hydrogens is 370 g/mol. The second-order valence-electron chi connectivity index (χ2n) is 7.69. The van der Waals surface area contributed by atoms with Gasteiger partial charge in [0.2, 0.25) is 0 Å². The highest BCUT2D eigenvalue weighted by Crippen LogP contribution is 2.10. The quantitative estimate of drug-likeness (QED) is 0.368. The molecular formula is C21H35N5O3. The molecule has 0 amide bonds. The van der Waals surface area contributed by atoms with Crippen LogP contribution < -0.4 is 16.6 Å². The Labute approximate surface area is 171 Å². The summed E-state index contributed by atoms with van der Waals surface area (Å²) in [5, 5.41) is 13.0. The summed E-state index contributed by atoms with van der Waals surface area (Å²) in [6.07, 6.45) is 11.2. The van der Waals surface area contributed by atoms with Crippen molar-refractivity contribution in [1.29, 1.82) is 0 Å². The minimum atomic E-state index is -0.303. The van der Waals surface area contributed by atoms with Crippen LogP contribution in [-0.4, -0.2) is 43.0 Å². The molecule has 0 aromatic carbocycles. The molecule has 162 valence electrons. The van der Waals surface area contributed by atoms with Crippen molar-refractivity contribution in [3.05, 3.63) is 39.8 Å². The fraction of sp³-hybridized carbons (Fsp3) is 0.667. The molecule has 2 N–H and O–H groups in total. The number of nitrogens with one attached hydrogen (secondary N) is 1. The number of hydrogen-bond acceptors (Lipinski definition) is 5. The van der Waals surface area contributed by atoms with E-state index in [1.54, 1.807) is 31.1 Å². The molecule has 0 aliphatic heterocycles. The molecule has 2 aromatic rings. The van der Waals surface area contributed by atoms with Crippen LogP contribution in [0.2, 0.25) is 0 Å². The lowest BCUT2D eigenvalue weighted by atomic mass is 10.1. The van der Waals surface area contributed by atoms with Crippen molar-refractivity contribution in [2.24, 2.45) is 14.1 Å². The molecule has 2 heterocycles. The van der Waals surface area contributed by atoms with Crippen LogP contribution in [0.15, 0.2) is 28.6 Å². The van der Waals surface area contributed by atoms with Crippen LogP contribution >= 0.6 is 0 Å². The first-order valence-corrected chi connectivity index (χ1v) is 10.6. The fourth-order valence-corrected chi connectivity index (χ4v) is 3.58. The molecule has 0 aliphatic rings. The molecule has 0 spiro atoms. The molecule has 8 nitrogen and oxygen atoms in total. The maximum atomic E-state index is 12.6. The Balaban J connectivity index is 1.65. The molecule has 1 unspecified atom stereocenters. The van der Waals surface area contributed by atoms with Crippen molar-refractivity contribution in [3.63, 3.8) is 0 Å². The minimum Gasteiger partial charge on any atom is -0.392 e. The van der Waals surface area contributed by atoms with Crippen molar-refractivity contribution in [1.82, 2.24) is 24.0 Å². The number of unbranched alkanes of at least 4 members (excludes halogenated alkanes) is 6. The van der Waals surface area contributed by atoms with Crippen LogP contribution in [0.3, 0.4) is 0 Å². The number of imidazole rings is 1. The standard InChI is InChI=1S/C21H35N5O3/c1-4-13-22-15-17(27)12-10-8-6-5-7-9-11-14-26-20(28)18-19(23-16-24(18)2)25(3)21(26)29/h4,16-17,22,27H,1,5-15H2,2-3H3. The minimum absolute atomic E-state index is 0.260. The summed E-state index contributed by atoms with van der Waals surface area (Å²) in [5.74, 6) is 0. The number of hydrogen-bond donors (Lipinski definition) is 2. The highest BCUT2D eigenvalue weighted by Gasteiger charge is 2.14. The number of fused-ring (bicyclic) bond motifs is 1. The van der Waals surface area contributed by atoms with Gasteiger partial charge < -0.3 is 15.0 Å². The number of aliphatic hydroxyl groups is 1. The molecule has 0 radical (unpaired) electrons. The van der Waals surface area contributed by atoms with E-state index in [0.29, 0.717) is 24.3 Å². The van der Waals surface area contributed by atoms with Gasteiger partial charge in [0.05, 0.1) is 12.4 Å². The Morgan fingerprint density at radius 2 is 1.79 bits per heavy atom. The van der Waals surface area contributed by atoms with E-state index in [9.17, 15) is 14.7 Å². The van der Waals surface area contributed by atoms with E-state index in [2.05, 4.69) is 16.9 Å². The summed E-state index contributed by atoms with van der Waals surface area (Å²) in [6.45, 7) is 5.43. The summed E-state index contributed by atoms with van der Waals surface area (Å²) < 4.78 is 4.43. The highest BCUT2D eigenvalue weighted by molar-refractivity contribution is 5.69. The lowest BCUT2D eigenvalue weighted by molar-refractivity contribution is 0.159. The number of aromatic nitrogens is 4. The van der Waals surface area contributed by atoms with Crippen molar-refractivity contribution < 1.29 is 5.11 Å².